The van der Waals surface area contributed by atoms with Crippen molar-refractivity contribution in [3.63, 3.8) is 0 Å². The fourth-order valence-corrected chi connectivity index (χ4v) is 3.10. The third kappa shape index (κ3) is 4.09. The first-order chi connectivity index (χ1) is 11.5. The summed E-state index contributed by atoms with van der Waals surface area (Å²) in [5.74, 6) is 0. The number of quaternary nitrogens is 1. The van der Waals surface area contributed by atoms with E-state index in [1.807, 2.05) is 22.9 Å². The summed E-state index contributed by atoms with van der Waals surface area (Å²) in [5, 5.41) is 0. The predicted molar refractivity (Wildman–Crippen MR) is 87.7 cm³/mol. The number of nitrogens with zero attached hydrogens (tertiary/aromatic N) is 1. The Kier molecular flexibility index (Phi) is 4.81. The molecule has 24 heavy (non-hydrogen) atoms. The Labute approximate surface area is 140 Å². The van der Waals surface area contributed by atoms with Crippen molar-refractivity contribution in [3.05, 3.63) is 72.1 Å². The molecule has 0 aliphatic heterocycles. The van der Waals surface area contributed by atoms with Crippen LogP contribution >= 0.6 is 0 Å². The summed E-state index contributed by atoms with van der Waals surface area (Å²) in [6.45, 7) is 6.08. The third-order valence-corrected chi connectivity index (χ3v) is 4.50. The van der Waals surface area contributed by atoms with Gasteiger partial charge in [-0.05, 0) is 35.9 Å². The number of halogens is 3. The number of hydrogen-bond acceptors (Lipinski definition) is 0. The maximum Gasteiger partial charge on any atom is 0.416 e. The molecule has 1 unspecified atom stereocenters. The average Bonchev–Trinajstić information content (AvgIpc) is 3.29. The highest BCUT2D eigenvalue weighted by atomic mass is 19.4. The second-order valence-electron chi connectivity index (χ2n) is 6.43. The molecule has 1 aromatic heterocycles. The molecule has 1 N–H and O–H groups in total. The van der Waals surface area contributed by atoms with Gasteiger partial charge in [-0.15, -0.1) is 0 Å². The number of rotatable bonds is 7. The zero-order valence-electron chi connectivity index (χ0n) is 13.5. The fourth-order valence-electron chi connectivity index (χ4n) is 3.10. The van der Waals surface area contributed by atoms with E-state index < -0.39 is 11.7 Å². The average molecular weight is 335 g/mol. The van der Waals surface area contributed by atoms with E-state index in [9.17, 15) is 13.2 Å². The molecule has 0 spiro atoms. The van der Waals surface area contributed by atoms with Crippen LogP contribution in [0.25, 0.3) is 0 Å². The van der Waals surface area contributed by atoms with Gasteiger partial charge in [0.2, 0.25) is 0 Å². The molecule has 1 saturated carbocycles. The first kappa shape index (κ1) is 16.8. The Bertz CT molecular complexity index is 699. The minimum absolute atomic E-state index is 0.457. The summed E-state index contributed by atoms with van der Waals surface area (Å²) in [7, 11) is 0. The topological polar surface area (TPSA) is 9.37 Å². The van der Waals surface area contributed by atoms with Crippen molar-refractivity contribution < 1.29 is 18.1 Å². The predicted octanol–water partition coefficient (Wildman–Crippen LogP) is 3.29. The molecule has 0 amide bonds. The molecule has 1 aliphatic rings. The van der Waals surface area contributed by atoms with Crippen molar-refractivity contribution in [2.24, 2.45) is 0 Å². The molecule has 2 nitrogen and oxygen atoms in total. The summed E-state index contributed by atoms with van der Waals surface area (Å²) in [5.41, 5.74) is 1.22. The monoisotopic (exact) mass is 335 g/mol. The van der Waals surface area contributed by atoms with Crippen LogP contribution in [-0.4, -0.2) is 17.2 Å². The van der Waals surface area contributed by atoms with Gasteiger partial charge in [0, 0.05) is 25.6 Å². The highest BCUT2D eigenvalue weighted by molar-refractivity contribution is 5.26. The van der Waals surface area contributed by atoms with Crippen LogP contribution in [0.1, 0.15) is 29.7 Å². The summed E-state index contributed by atoms with van der Waals surface area (Å²) < 4.78 is 40.6. The largest absolute Gasteiger partial charge is 0.416 e. The second kappa shape index (κ2) is 6.85. The van der Waals surface area contributed by atoms with Gasteiger partial charge in [-0.1, -0.05) is 18.7 Å². The molecule has 3 rings (SSSR count). The Morgan fingerprint density at radius 2 is 2.00 bits per heavy atom. The molecule has 1 aromatic carbocycles. The highest BCUT2D eigenvalue weighted by Gasteiger charge is 2.33. The Balaban J connectivity index is 1.75. The molecule has 128 valence electrons. The first-order valence-electron chi connectivity index (χ1n) is 8.23. The minimum Gasteiger partial charge on any atom is -0.342 e. The van der Waals surface area contributed by atoms with Crippen LogP contribution in [0.5, 0.6) is 0 Å². The number of aromatic nitrogens is 1. The number of alkyl halides is 3. The van der Waals surface area contributed by atoms with Crippen molar-refractivity contribution in [3.8, 4) is 0 Å². The normalized spacial score (nSPS) is 16.1. The van der Waals surface area contributed by atoms with E-state index in [1.165, 1.54) is 29.9 Å². The molecule has 1 aliphatic carbocycles. The molecule has 1 atom stereocenters. The quantitative estimate of drug-likeness (QED) is 0.744. The number of nitrogens with one attached hydrogen (secondary N) is 1. The van der Waals surface area contributed by atoms with Crippen molar-refractivity contribution in [2.45, 2.75) is 38.1 Å². The van der Waals surface area contributed by atoms with Crippen molar-refractivity contribution >= 4 is 0 Å². The fraction of sp³-hybridized carbons (Fsp3) is 0.368. The van der Waals surface area contributed by atoms with E-state index in [1.54, 1.807) is 6.07 Å². The summed E-state index contributed by atoms with van der Waals surface area (Å²) in [6.07, 6.45) is 2.07. The lowest BCUT2D eigenvalue weighted by Gasteiger charge is -2.19. The van der Waals surface area contributed by atoms with Crippen LogP contribution in [0.4, 0.5) is 13.2 Å². The lowest BCUT2D eigenvalue weighted by atomic mass is 10.1. The molecule has 1 heterocycles. The Hall–Kier alpha value is -2.01. The molecular weight excluding hydrogens is 313 g/mol. The van der Waals surface area contributed by atoms with Gasteiger partial charge in [0.1, 0.15) is 6.54 Å². The van der Waals surface area contributed by atoms with Gasteiger partial charge >= 0.3 is 6.18 Å². The molecule has 0 bridgehead atoms. The summed E-state index contributed by atoms with van der Waals surface area (Å²) in [6, 6.07) is 10.3. The van der Waals surface area contributed by atoms with Crippen LogP contribution in [0, 0.1) is 0 Å². The third-order valence-electron chi connectivity index (χ3n) is 4.50. The van der Waals surface area contributed by atoms with E-state index in [2.05, 4.69) is 12.6 Å². The number of benzene rings is 1. The minimum atomic E-state index is -4.30. The molecule has 1 fully saturated rings. The van der Waals surface area contributed by atoms with Crippen LogP contribution in [0.15, 0.2) is 55.3 Å². The van der Waals surface area contributed by atoms with Crippen LogP contribution in [0.2, 0.25) is 0 Å². The van der Waals surface area contributed by atoms with E-state index in [4.69, 9.17) is 0 Å². The van der Waals surface area contributed by atoms with Gasteiger partial charge in [0.05, 0.1) is 23.8 Å². The lowest BCUT2D eigenvalue weighted by molar-refractivity contribution is -0.919. The van der Waals surface area contributed by atoms with Gasteiger partial charge in [0.25, 0.3) is 0 Å². The molecule has 2 aromatic rings. The van der Waals surface area contributed by atoms with Gasteiger partial charge in [-0.25, -0.2) is 0 Å². The van der Waals surface area contributed by atoms with Crippen LogP contribution in [-0.2, 0) is 19.3 Å². The van der Waals surface area contributed by atoms with Crippen molar-refractivity contribution in [2.75, 3.05) is 6.54 Å². The van der Waals surface area contributed by atoms with Crippen LogP contribution in [0.3, 0.4) is 0 Å². The van der Waals surface area contributed by atoms with Crippen molar-refractivity contribution in [1.82, 2.24) is 4.57 Å². The molecular formula is C19H22F3N2+. The first-order valence-corrected chi connectivity index (χ1v) is 8.23. The smallest absolute Gasteiger partial charge is 0.342 e. The zero-order chi connectivity index (χ0) is 17.2. The van der Waals surface area contributed by atoms with Crippen molar-refractivity contribution in [1.29, 1.82) is 0 Å². The second-order valence-corrected chi connectivity index (χ2v) is 6.43. The highest BCUT2D eigenvalue weighted by Crippen LogP contribution is 2.29. The molecule has 5 heteroatoms. The van der Waals surface area contributed by atoms with Gasteiger partial charge in [0.15, 0.2) is 0 Å². The van der Waals surface area contributed by atoms with Crippen LogP contribution < -0.4 is 4.90 Å². The van der Waals surface area contributed by atoms with E-state index >= 15 is 0 Å². The van der Waals surface area contributed by atoms with E-state index in [-0.39, 0.29) is 0 Å². The lowest BCUT2D eigenvalue weighted by Crippen LogP contribution is -3.12. The molecule has 0 saturated heterocycles. The Morgan fingerprint density at radius 1 is 1.21 bits per heavy atom. The number of hydrogen-bond donors (Lipinski definition) is 1. The standard InChI is InChI=1S/C19H21F3N2/c1-2-10-23(17-8-9-17)14-18-7-4-11-24(18)13-15-5-3-6-16(12-15)19(20,21)22/h2-7,11-12,17H,1,8-10,13-14H2/p+1. The summed E-state index contributed by atoms with van der Waals surface area (Å²) in [4.78, 5) is 1.48. The van der Waals surface area contributed by atoms with E-state index in [0.29, 0.717) is 18.2 Å². The molecule has 0 radical (unpaired) electrons. The maximum absolute atomic E-state index is 12.9. The van der Waals surface area contributed by atoms with Gasteiger partial charge < -0.3 is 9.47 Å². The van der Waals surface area contributed by atoms with Gasteiger partial charge in [-0.3, -0.25) is 0 Å². The zero-order valence-corrected chi connectivity index (χ0v) is 13.5. The maximum atomic E-state index is 12.9. The summed E-state index contributed by atoms with van der Waals surface area (Å²) >= 11 is 0. The van der Waals surface area contributed by atoms with Gasteiger partial charge in [-0.2, -0.15) is 13.2 Å². The Morgan fingerprint density at radius 3 is 2.67 bits per heavy atom. The SMILES string of the molecule is C=CC[NH+](Cc1cccn1Cc1cccc(C(F)(F)F)c1)C1CC1. The van der Waals surface area contributed by atoms with E-state index in [0.717, 1.165) is 24.8 Å².